The predicted octanol–water partition coefficient (Wildman–Crippen LogP) is 3.71. The summed E-state index contributed by atoms with van der Waals surface area (Å²) >= 11 is 0. The Morgan fingerprint density at radius 1 is 0.971 bits per heavy atom. The van der Waals surface area contributed by atoms with Crippen molar-refractivity contribution in [3.05, 3.63) is 64.7 Å². The highest BCUT2D eigenvalue weighted by Gasteiger charge is 2.32. The van der Waals surface area contributed by atoms with Crippen LogP contribution < -0.4 is 9.62 Å². The fraction of sp³-hybridized carbons (Fsp3) is 0.462. The highest BCUT2D eigenvalue weighted by atomic mass is 32.2. The van der Waals surface area contributed by atoms with Crippen LogP contribution in [-0.2, 0) is 26.2 Å². The van der Waals surface area contributed by atoms with E-state index >= 15 is 0 Å². The second-order valence-corrected chi connectivity index (χ2v) is 11.0. The van der Waals surface area contributed by atoms with Crippen LogP contribution in [0.1, 0.15) is 49.4 Å². The van der Waals surface area contributed by atoms with Crippen LogP contribution in [-0.4, -0.2) is 50.0 Å². The van der Waals surface area contributed by atoms with Crippen molar-refractivity contribution in [2.45, 2.75) is 66.6 Å². The van der Waals surface area contributed by atoms with Crippen LogP contribution in [0.3, 0.4) is 0 Å². The van der Waals surface area contributed by atoms with Crippen molar-refractivity contribution in [3.63, 3.8) is 0 Å². The van der Waals surface area contributed by atoms with Gasteiger partial charge in [0.15, 0.2) is 0 Å². The molecular formula is C26H37N3O4S. The lowest BCUT2D eigenvalue weighted by Gasteiger charge is -2.33. The van der Waals surface area contributed by atoms with Crippen LogP contribution >= 0.6 is 0 Å². The normalized spacial score (nSPS) is 12.4. The lowest BCUT2D eigenvalue weighted by Crippen LogP contribution is -2.53. The van der Waals surface area contributed by atoms with E-state index < -0.39 is 28.5 Å². The first-order chi connectivity index (χ1) is 15.8. The van der Waals surface area contributed by atoms with Crippen molar-refractivity contribution in [1.29, 1.82) is 0 Å². The second-order valence-electron chi connectivity index (χ2n) is 9.13. The summed E-state index contributed by atoms with van der Waals surface area (Å²) in [5, 5.41) is 2.89. The fourth-order valence-corrected chi connectivity index (χ4v) is 4.53. The maximum absolute atomic E-state index is 13.6. The van der Waals surface area contributed by atoms with Gasteiger partial charge in [-0.3, -0.25) is 13.9 Å². The number of nitrogens with one attached hydrogen (secondary N) is 1. The number of aryl methyl sites for hydroxylation is 3. The third-order valence-electron chi connectivity index (χ3n) is 5.75. The van der Waals surface area contributed by atoms with E-state index in [0.717, 1.165) is 32.8 Å². The smallest absolute Gasteiger partial charge is 0.244 e. The zero-order valence-electron chi connectivity index (χ0n) is 21.3. The molecule has 0 aliphatic carbocycles. The summed E-state index contributed by atoms with van der Waals surface area (Å²) in [6.45, 7) is 11.2. The molecular weight excluding hydrogens is 450 g/mol. The van der Waals surface area contributed by atoms with E-state index in [1.807, 2.05) is 71.9 Å². The number of amides is 2. The Labute approximate surface area is 204 Å². The van der Waals surface area contributed by atoms with Crippen molar-refractivity contribution in [3.8, 4) is 0 Å². The van der Waals surface area contributed by atoms with Crippen molar-refractivity contribution in [2.75, 3.05) is 17.1 Å². The first kappa shape index (κ1) is 27.4. The third kappa shape index (κ3) is 7.32. The summed E-state index contributed by atoms with van der Waals surface area (Å²) in [7, 11) is -3.74. The average Bonchev–Trinajstić information content (AvgIpc) is 2.74. The largest absolute Gasteiger partial charge is 0.352 e. The predicted molar refractivity (Wildman–Crippen MR) is 137 cm³/mol. The van der Waals surface area contributed by atoms with Gasteiger partial charge in [-0.05, 0) is 69.9 Å². The Hall–Kier alpha value is -2.87. The van der Waals surface area contributed by atoms with Crippen LogP contribution in [0.4, 0.5) is 5.69 Å². The molecule has 0 fully saturated rings. The van der Waals surface area contributed by atoms with Gasteiger partial charge in [-0.1, -0.05) is 42.8 Å². The molecule has 0 saturated carbocycles. The minimum absolute atomic E-state index is 0.0825. The number of carbonyl (C=O) groups excluding carboxylic acids is 2. The Bertz CT molecular complexity index is 1110. The summed E-state index contributed by atoms with van der Waals surface area (Å²) in [5.41, 5.74) is 4.34. The Morgan fingerprint density at radius 3 is 2.09 bits per heavy atom. The molecule has 0 heterocycles. The summed E-state index contributed by atoms with van der Waals surface area (Å²) in [6.07, 6.45) is 1.49. The molecule has 2 amide bonds. The van der Waals surface area contributed by atoms with Crippen molar-refractivity contribution in [2.24, 2.45) is 0 Å². The van der Waals surface area contributed by atoms with E-state index in [1.165, 1.54) is 4.90 Å². The molecule has 0 bridgehead atoms. The van der Waals surface area contributed by atoms with Crippen molar-refractivity contribution in [1.82, 2.24) is 10.2 Å². The molecule has 7 nitrogen and oxygen atoms in total. The summed E-state index contributed by atoms with van der Waals surface area (Å²) in [6, 6.07) is 12.2. The Kier molecular flexibility index (Phi) is 9.27. The number of sulfonamides is 1. The van der Waals surface area contributed by atoms with Gasteiger partial charge >= 0.3 is 0 Å². The maximum Gasteiger partial charge on any atom is 0.244 e. The van der Waals surface area contributed by atoms with E-state index in [-0.39, 0.29) is 18.5 Å². The summed E-state index contributed by atoms with van der Waals surface area (Å²) in [4.78, 5) is 28.1. The molecule has 0 radical (unpaired) electrons. The van der Waals surface area contributed by atoms with E-state index in [1.54, 1.807) is 12.1 Å². The summed E-state index contributed by atoms with van der Waals surface area (Å²) < 4.78 is 26.5. The number of rotatable bonds is 10. The van der Waals surface area contributed by atoms with Gasteiger partial charge in [0, 0.05) is 12.6 Å². The molecule has 0 aromatic heterocycles. The fourth-order valence-electron chi connectivity index (χ4n) is 3.68. The number of carbonyl (C=O) groups is 2. The third-order valence-corrected chi connectivity index (χ3v) is 6.89. The van der Waals surface area contributed by atoms with Gasteiger partial charge in [0.25, 0.3) is 0 Å². The second kappa shape index (κ2) is 11.5. The molecule has 0 aliphatic rings. The number of nitrogens with zero attached hydrogens (tertiary/aromatic N) is 2. The zero-order chi connectivity index (χ0) is 25.6. The van der Waals surface area contributed by atoms with Gasteiger partial charge in [-0.15, -0.1) is 0 Å². The standard InChI is InChI=1S/C26H37N3O4S/c1-8-24(26(31)27-18(2)3)28(16-22-12-9-19(4)10-13-22)25(30)17-29(34(7,32)33)23-14-11-20(5)21(6)15-23/h9-15,18,24H,8,16-17H2,1-7H3,(H,27,31)/t24-/m0/s1. The lowest BCUT2D eigenvalue weighted by atomic mass is 10.1. The van der Waals surface area contributed by atoms with Gasteiger partial charge < -0.3 is 10.2 Å². The molecule has 8 heteroatoms. The first-order valence-corrected chi connectivity index (χ1v) is 13.4. The number of hydrogen-bond acceptors (Lipinski definition) is 4. The number of benzene rings is 2. The van der Waals surface area contributed by atoms with Crippen LogP contribution in [0.5, 0.6) is 0 Å². The van der Waals surface area contributed by atoms with Crippen molar-refractivity contribution < 1.29 is 18.0 Å². The van der Waals surface area contributed by atoms with Crippen LogP contribution in [0, 0.1) is 20.8 Å². The maximum atomic E-state index is 13.6. The molecule has 34 heavy (non-hydrogen) atoms. The van der Waals surface area contributed by atoms with Gasteiger partial charge in [-0.25, -0.2) is 8.42 Å². The Balaban J connectivity index is 2.45. The minimum Gasteiger partial charge on any atom is -0.352 e. The molecule has 186 valence electrons. The summed E-state index contributed by atoms with van der Waals surface area (Å²) in [5.74, 6) is -0.690. The minimum atomic E-state index is -3.74. The molecule has 1 N–H and O–H groups in total. The topological polar surface area (TPSA) is 86.8 Å². The SMILES string of the molecule is CC[C@@H](C(=O)NC(C)C)N(Cc1ccc(C)cc1)C(=O)CN(c1ccc(C)c(C)c1)S(C)(=O)=O. The van der Waals surface area contributed by atoms with Gasteiger partial charge in [0.1, 0.15) is 12.6 Å². The molecule has 1 atom stereocenters. The monoisotopic (exact) mass is 487 g/mol. The zero-order valence-corrected chi connectivity index (χ0v) is 22.1. The molecule has 2 rings (SSSR count). The van der Waals surface area contributed by atoms with E-state index in [0.29, 0.717) is 12.1 Å². The van der Waals surface area contributed by atoms with Crippen LogP contribution in [0.2, 0.25) is 0 Å². The quantitative estimate of drug-likeness (QED) is 0.554. The first-order valence-electron chi connectivity index (χ1n) is 11.5. The highest BCUT2D eigenvalue weighted by molar-refractivity contribution is 7.92. The van der Waals surface area contributed by atoms with Crippen LogP contribution in [0.15, 0.2) is 42.5 Å². The lowest BCUT2D eigenvalue weighted by molar-refractivity contribution is -0.140. The molecule has 2 aromatic rings. The Morgan fingerprint density at radius 2 is 1.59 bits per heavy atom. The van der Waals surface area contributed by atoms with E-state index in [2.05, 4.69) is 5.32 Å². The molecule has 0 aliphatic heterocycles. The van der Waals surface area contributed by atoms with Gasteiger partial charge in [-0.2, -0.15) is 0 Å². The molecule has 0 spiro atoms. The van der Waals surface area contributed by atoms with Crippen LogP contribution in [0.25, 0.3) is 0 Å². The highest BCUT2D eigenvalue weighted by Crippen LogP contribution is 2.22. The van der Waals surface area contributed by atoms with Crippen molar-refractivity contribution >= 4 is 27.5 Å². The van der Waals surface area contributed by atoms with E-state index in [4.69, 9.17) is 0 Å². The molecule has 0 unspecified atom stereocenters. The number of anilines is 1. The molecule has 2 aromatic carbocycles. The van der Waals surface area contributed by atoms with E-state index in [9.17, 15) is 18.0 Å². The number of hydrogen-bond donors (Lipinski definition) is 1. The van der Waals surface area contributed by atoms with Gasteiger partial charge in [0.2, 0.25) is 21.8 Å². The van der Waals surface area contributed by atoms with Gasteiger partial charge in [0.05, 0.1) is 11.9 Å². The average molecular weight is 488 g/mol. The molecule has 0 saturated heterocycles.